The van der Waals surface area contributed by atoms with Crippen molar-refractivity contribution in [2.24, 2.45) is 5.92 Å². The summed E-state index contributed by atoms with van der Waals surface area (Å²) < 4.78 is 12.1. The predicted octanol–water partition coefficient (Wildman–Crippen LogP) is 0.573. The number of carbonyl (C=O) groups is 2. The minimum atomic E-state index is -1.82. The Hall–Kier alpha value is -2.04. The highest BCUT2D eigenvalue weighted by molar-refractivity contribution is 6.03. The van der Waals surface area contributed by atoms with Crippen molar-refractivity contribution in [2.45, 2.75) is 69.4 Å². The molecular weight excluding hydrogens is 384 g/mol. The number of hydrogen-bond acceptors (Lipinski definition) is 8. The van der Waals surface area contributed by atoms with Crippen LogP contribution in [0.5, 0.6) is 5.75 Å². The maximum Gasteiger partial charge on any atom is 0.308 e. The highest BCUT2D eigenvalue weighted by Crippen LogP contribution is 2.54. The lowest BCUT2D eigenvalue weighted by Gasteiger charge is -2.51. The summed E-state index contributed by atoms with van der Waals surface area (Å²) in [4.78, 5) is 24.0. The van der Waals surface area contributed by atoms with Crippen LogP contribution < -0.4 is 0 Å². The molecule has 7 atom stereocenters. The summed E-state index contributed by atoms with van der Waals surface area (Å²) in [5.74, 6) is -3.98. The van der Waals surface area contributed by atoms with Gasteiger partial charge in [-0.05, 0) is 18.1 Å². The van der Waals surface area contributed by atoms with Crippen molar-refractivity contribution in [3.63, 3.8) is 0 Å². The van der Waals surface area contributed by atoms with Crippen LogP contribution in [0.1, 0.15) is 65.9 Å². The van der Waals surface area contributed by atoms with Gasteiger partial charge >= 0.3 is 5.97 Å². The van der Waals surface area contributed by atoms with Gasteiger partial charge in [0, 0.05) is 29.0 Å². The molecule has 3 aliphatic rings. The molecule has 1 aromatic carbocycles. The number of aliphatic hydroxyl groups is 3. The van der Waals surface area contributed by atoms with Crippen LogP contribution >= 0.6 is 0 Å². The summed E-state index contributed by atoms with van der Waals surface area (Å²) in [5.41, 5.74) is 0.572. The van der Waals surface area contributed by atoms with E-state index in [1.165, 1.54) is 6.07 Å². The Balaban J connectivity index is 1.91. The number of aliphatic hydroxyl groups excluding tert-OH is 3. The molecule has 0 aromatic heterocycles. The van der Waals surface area contributed by atoms with E-state index in [2.05, 4.69) is 0 Å². The first kappa shape index (κ1) is 20.2. The van der Waals surface area contributed by atoms with Crippen molar-refractivity contribution in [1.82, 2.24) is 0 Å². The lowest BCUT2D eigenvalue weighted by atomic mass is 9.75. The third-order valence-corrected chi connectivity index (χ3v) is 6.28. The molecule has 5 N–H and O–H groups in total. The van der Waals surface area contributed by atoms with Crippen molar-refractivity contribution in [3.05, 3.63) is 28.3 Å². The van der Waals surface area contributed by atoms with E-state index >= 15 is 0 Å². The van der Waals surface area contributed by atoms with Gasteiger partial charge in [0.25, 0.3) is 0 Å². The number of benzene rings is 1. The number of carbonyl (C=O) groups excluding carboxylic acids is 1. The Morgan fingerprint density at radius 3 is 2.52 bits per heavy atom. The molecule has 1 aromatic rings. The van der Waals surface area contributed by atoms with Crippen LogP contribution in [0, 0.1) is 5.92 Å². The molecule has 0 amide bonds. The SMILES string of the molecule is CCC1OC2(CC(=O)O)Cc3cc4c(c(O)c3C(O2)C1C)C(O)C(O)C(O)C4=O. The minimum absolute atomic E-state index is 0.0166. The predicted molar refractivity (Wildman–Crippen MR) is 96.3 cm³/mol. The van der Waals surface area contributed by atoms with Crippen LogP contribution in [0.2, 0.25) is 0 Å². The first-order chi connectivity index (χ1) is 13.6. The first-order valence-corrected chi connectivity index (χ1v) is 9.64. The second kappa shape index (κ2) is 6.75. The number of rotatable bonds is 3. The number of phenolic OH excluding ortho intramolecular Hbond substituents is 1. The van der Waals surface area contributed by atoms with Crippen LogP contribution in [0.3, 0.4) is 0 Å². The van der Waals surface area contributed by atoms with Crippen LogP contribution in [0.4, 0.5) is 0 Å². The van der Waals surface area contributed by atoms with E-state index in [9.17, 15) is 35.1 Å². The van der Waals surface area contributed by atoms with E-state index in [1.807, 2.05) is 13.8 Å². The molecule has 158 valence electrons. The molecule has 29 heavy (non-hydrogen) atoms. The lowest BCUT2D eigenvalue weighted by molar-refractivity contribution is -0.345. The van der Waals surface area contributed by atoms with Gasteiger partial charge in [0.05, 0.1) is 18.6 Å². The average Bonchev–Trinajstić information content (AvgIpc) is 2.66. The van der Waals surface area contributed by atoms with Gasteiger partial charge in [0.1, 0.15) is 24.1 Å². The highest BCUT2D eigenvalue weighted by Gasteiger charge is 2.54. The Morgan fingerprint density at radius 1 is 1.21 bits per heavy atom. The Morgan fingerprint density at radius 2 is 1.90 bits per heavy atom. The number of phenols is 1. The van der Waals surface area contributed by atoms with Crippen molar-refractivity contribution in [3.8, 4) is 5.75 Å². The lowest BCUT2D eigenvalue weighted by Crippen LogP contribution is -2.55. The number of carboxylic acid groups (broad SMARTS) is 1. The molecular formula is C20H24O9. The minimum Gasteiger partial charge on any atom is -0.507 e. The van der Waals surface area contributed by atoms with E-state index in [4.69, 9.17) is 9.47 Å². The summed E-state index contributed by atoms with van der Waals surface area (Å²) in [6, 6.07) is 1.43. The van der Waals surface area contributed by atoms with Crippen molar-refractivity contribution < 1.29 is 44.6 Å². The number of hydrogen-bond donors (Lipinski definition) is 5. The maximum absolute atomic E-state index is 12.5. The van der Waals surface area contributed by atoms with Crippen LogP contribution in [0.25, 0.3) is 0 Å². The quantitative estimate of drug-likeness (QED) is 0.483. The van der Waals surface area contributed by atoms with E-state index < -0.39 is 48.4 Å². The van der Waals surface area contributed by atoms with Gasteiger partial charge in [-0.25, -0.2) is 0 Å². The van der Waals surface area contributed by atoms with Gasteiger partial charge in [-0.15, -0.1) is 0 Å². The van der Waals surface area contributed by atoms with E-state index in [-0.39, 0.29) is 35.3 Å². The van der Waals surface area contributed by atoms with E-state index in [0.717, 1.165) is 0 Å². The fourth-order valence-electron chi connectivity index (χ4n) is 4.85. The zero-order valence-electron chi connectivity index (χ0n) is 16.0. The van der Waals surface area contributed by atoms with Gasteiger partial charge in [-0.2, -0.15) is 0 Å². The largest absolute Gasteiger partial charge is 0.507 e. The molecule has 9 heteroatoms. The second-order valence-corrected chi connectivity index (χ2v) is 8.12. The molecule has 2 bridgehead atoms. The van der Waals surface area contributed by atoms with Crippen LogP contribution in [-0.2, 0) is 20.7 Å². The van der Waals surface area contributed by atoms with Crippen molar-refractivity contribution >= 4 is 11.8 Å². The second-order valence-electron chi connectivity index (χ2n) is 8.12. The molecule has 1 fully saturated rings. The molecule has 4 rings (SSSR count). The Kier molecular flexibility index (Phi) is 4.71. The fourth-order valence-corrected chi connectivity index (χ4v) is 4.85. The van der Waals surface area contributed by atoms with Gasteiger partial charge in [-0.3, -0.25) is 9.59 Å². The maximum atomic E-state index is 12.5. The summed E-state index contributed by atoms with van der Waals surface area (Å²) >= 11 is 0. The molecule has 2 aliphatic heterocycles. The van der Waals surface area contributed by atoms with Gasteiger partial charge < -0.3 is 35.0 Å². The zero-order valence-corrected chi connectivity index (χ0v) is 16.0. The standard InChI is InChI=1S/C20H24O9/c1-3-10-7(2)19-12-8(5-20(28-10,29-19)6-11(21)22)4-9-13(15(12)24)16(25)18(27)17(26)14(9)23/h4,7,10,16-19,24-27H,3,5-6H2,1-2H3,(H,21,22). The van der Waals surface area contributed by atoms with Crippen LogP contribution in [-0.4, -0.2) is 61.4 Å². The molecule has 7 unspecified atom stereocenters. The monoisotopic (exact) mass is 408 g/mol. The molecule has 0 radical (unpaired) electrons. The number of ketones is 1. The molecule has 1 aliphatic carbocycles. The molecule has 0 saturated carbocycles. The van der Waals surface area contributed by atoms with Crippen LogP contribution in [0.15, 0.2) is 6.07 Å². The normalized spacial score (nSPS) is 38.3. The summed E-state index contributed by atoms with van der Waals surface area (Å²) in [5, 5.41) is 50.7. The molecule has 9 nitrogen and oxygen atoms in total. The van der Waals surface area contributed by atoms with Gasteiger partial charge in [-0.1, -0.05) is 13.8 Å². The number of carboxylic acids is 1. The summed E-state index contributed by atoms with van der Waals surface area (Å²) in [6.07, 6.45) is -6.07. The van der Waals surface area contributed by atoms with Gasteiger partial charge in [0.2, 0.25) is 0 Å². The first-order valence-electron chi connectivity index (χ1n) is 9.64. The third-order valence-electron chi connectivity index (χ3n) is 6.28. The number of ether oxygens (including phenoxy) is 2. The highest BCUT2D eigenvalue weighted by atomic mass is 16.7. The smallest absolute Gasteiger partial charge is 0.308 e. The average molecular weight is 408 g/mol. The molecule has 0 spiro atoms. The fraction of sp³-hybridized carbons (Fsp3) is 0.600. The molecule has 1 saturated heterocycles. The number of fused-ring (bicyclic) bond motifs is 5. The number of Topliss-reactive ketones (excluding diaryl/α,β-unsaturated/α-hetero) is 1. The third kappa shape index (κ3) is 2.88. The topological polar surface area (TPSA) is 154 Å². The Labute approximate surface area is 166 Å². The molecule has 2 heterocycles. The van der Waals surface area contributed by atoms with E-state index in [1.54, 1.807) is 0 Å². The summed E-state index contributed by atoms with van der Waals surface area (Å²) in [6.45, 7) is 3.77. The summed E-state index contributed by atoms with van der Waals surface area (Å²) in [7, 11) is 0. The van der Waals surface area contributed by atoms with Crippen molar-refractivity contribution in [2.75, 3.05) is 0 Å². The zero-order chi connectivity index (χ0) is 21.2. The van der Waals surface area contributed by atoms with E-state index in [0.29, 0.717) is 17.5 Å². The van der Waals surface area contributed by atoms with Gasteiger partial charge in [0.15, 0.2) is 11.6 Å². The number of aromatic hydroxyl groups is 1. The Bertz CT molecular complexity index is 881. The number of aliphatic carboxylic acids is 1. The van der Waals surface area contributed by atoms with Crippen molar-refractivity contribution in [1.29, 1.82) is 0 Å².